The summed E-state index contributed by atoms with van der Waals surface area (Å²) in [6, 6.07) is 0. The van der Waals surface area contributed by atoms with E-state index in [4.69, 9.17) is 0 Å². The lowest BCUT2D eigenvalue weighted by Crippen LogP contribution is -1.58. The van der Waals surface area contributed by atoms with Crippen molar-refractivity contribution in [2.24, 2.45) is 0 Å². The Morgan fingerprint density at radius 1 is 0.238 bits per heavy atom. The predicted octanol–water partition coefficient (Wildman–Crippen LogP) is 5.95. The third-order valence-electron chi connectivity index (χ3n) is 2.43. The molecule has 0 aromatic rings. The summed E-state index contributed by atoms with van der Waals surface area (Å²) in [6.45, 7) is 0. The van der Waals surface area contributed by atoms with Crippen LogP contribution < -0.4 is 0 Å². The first-order valence-corrected chi connectivity index (χ1v) is 7.15. The third kappa shape index (κ3) is 12.2. The molecule has 1 aliphatic rings. The molecule has 0 heteroatoms. The summed E-state index contributed by atoms with van der Waals surface area (Å²) < 4.78 is 0. The van der Waals surface area contributed by atoms with Crippen molar-refractivity contribution in [3.63, 3.8) is 0 Å². The molecule has 0 unspecified atom stereocenters. The second kappa shape index (κ2) is 13.8. The Hall–Kier alpha value is -2.60. The maximum Gasteiger partial charge on any atom is -0.0163 e. The van der Waals surface area contributed by atoms with Crippen LogP contribution in [0.2, 0.25) is 0 Å². The fourth-order valence-electron chi connectivity index (χ4n) is 1.42. The van der Waals surface area contributed by atoms with Crippen LogP contribution in [0.3, 0.4) is 0 Å². The molecule has 0 N–H and O–H groups in total. The van der Waals surface area contributed by atoms with E-state index in [1.165, 1.54) is 0 Å². The van der Waals surface area contributed by atoms with Crippen molar-refractivity contribution in [1.82, 2.24) is 0 Å². The first-order chi connectivity index (χ1) is 10.5. The predicted molar refractivity (Wildman–Crippen MR) is 96.0 cm³/mol. The Morgan fingerprint density at radius 3 is 0.667 bits per heavy atom. The van der Waals surface area contributed by atoms with Gasteiger partial charge in [-0.2, -0.15) is 0 Å². The topological polar surface area (TPSA) is 0 Å². The van der Waals surface area contributed by atoms with Crippen molar-refractivity contribution >= 4 is 0 Å². The van der Waals surface area contributed by atoms with E-state index in [2.05, 4.69) is 24.3 Å². The Morgan fingerprint density at radius 2 is 0.429 bits per heavy atom. The molecule has 0 saturated heterocycles. The summed E-state index contributed by atoms with van der Waals surface area (Å²) in [7, 11) is 0. The minimum atomic E-state index is 0.942. The monoisotopic (exact) mass is 274 g/mol. The van der Waals surface area contributed by atoms with Gasteiger partial charge in [0.05, 0.1) is 0 Å². The molecule has 0 bridgehead atoms. The van der Waals surface area contributed by atoms with Crippen molar-refractivity contribution < 1.29 is 0 Å². The molecule has 0 spiro atoms. The van der Waals surface area contributed by atoms with Crippen LogP contribution in [0, 0.1) is 0 Å². The van der Waals surface area contributed by atoms with E-state index < -0.39 is 0 Å². The van der Waals surface area contributed by atoms with Gasteiger partial charge in [0.2, 0.25) is 0 Å². The van der Waals surface area contributed by atoms with Gasteiger partial charge in [0.1, 0.15) is 0 Å². The molecular formula is C21H22. The molecule has 0 heterocycles. The van der Waals surface area contributed by atoms with Crippen LogP contribution in [0.15, 0.2) is 122 Å². The molecule has 0 amide bonds. The summed E-state index contributed by atoms with van der Waals surface area (Å²) in [5, 5.41) is 0. The highest BCUT2D eigenvalue weighted by Gasteiger charge is 1.69. The number of hydrogen-bond donors (Lipinski definition) is 0. The van der Waals surface area contributed by atoms with Gasteiger partial charge in [-0.25, -0.2) is 0 Å². The molecule has 0 atom stereocenters. The lowest BCUT2D eigenvalue weighted by Gasteiger charge is -1.79. The Kier molecular flexibility index (Phi) is 10.8. The quantitative estimate of drug-likeness (QED) is 0.512. The number of allylic oxidation sites excluding steroid dienone is 20. The Balaban J connectivity index is 2.63. The first kappa shape index (κ1) is 16.5. The zero-order valence-electron chi connectivity index (χ0n) is 12.3. The molecule has 0 aromatic heterocycles. The molecule has 0 saturated carbocycles. The molecule has 0 nitrogen and oxygen atoms in total. The van der Waals surface area contributed by atoms with E-state index in [1.54, 1.807) is 0 Å². The van der Waals surface area contributed by atoms with E-state index >= 15 is 0 Å². The zero-order valence-corrected chi connectivity index (χ0v) is 12.3. The van der Waals surface area contributed by atoms with Crippen molar-refractivity contribution in [2.75, 3.05) is 0 Å². The van der Waals surface area contributed by atoms with Crippen LogP contribution in [0.5, 0.6) is 0 Å². The molecule has 1 rings (SSSR count). The van der Waals surface area contributed by atoms with Gasteiger partial charge in [-0.05, 0) is 6.42 Å². The van der Waals surface area contributed by atoms with Crippen molar-refractivity contribution in [2.45, 2.75) is 6.42 Å². The molecule has 21 heavy (non-hydrogen) atoms. The molecule has 0 aromatic carbocycles. The second-order valence-electron chi connectivity index (χ2n) is 4.17. The van der Waals surface area contributed by atoms with Crippen LogP contribution in [0.1, 0.15) is 6.42 Å². The van der Waals surface area contributed by atoms with Gasteiger partial charge in [0.15, 0.2) is 0 Å². The summed E-state index contributed by atoms with van der Waals surface area (Å²) in [5.41, 5.74) is 0. The highest BCUT2D eigenvalue weighted by Crippen LogP contribution is 1.90. The van der Waals surface area contributed by atoms with Gasteiger partial charge in [0.25, 0.3) is 0 Å². The normalized spacial score (nSPS) is 30.1. The number of rotatable bonds is 0. The fourth-order valence-corrected chi connectivity index (χ4v) is 1.42. The summed E-state index contributed by atoms with van der Waals surface area (Å²) in [6.07, 6.45) is 41.5. The van der Waals surface area contributed by atoms with Crippen molar-refractivity contribution in [1.29, 1.82) is 0 Å². The van der Waals surface area contributed by atoms with E-state index in [1.807, 2.05) is 97.2 Å². The van der Waals surface area contributed by atoms with Gasteiger partial charge in [0, 0.05) is 0 Å². The SMILES string of the molecule is C1=CC\C=C/C=C/C=C/C=C/C=C/C=C\C=C\C=C\C=C\1. The average Bonchev–Trinajstić information content (AvgIpc) is 2.50. The van der Waals surface area contributed by atoms with E-state index in [0.29, 0.717) is 0 Å². The van der Waals surface area contributed by atoms with Crippen LogP contribution in [0.4, 0.5) is 0 Å². The third-order valence-corrected chi connectivity index (χ3v) is 2.43. The maximum absolute atomic E-state index is 2.12. The van der Waals surface area contributed by atoms with E-state index in [0.717, 1.165) is 6.42 Å². The zero-order chi connectivity index (χ0) is 14.8. The Bertz CT molecular complexity index is 489. The maximum atomic E-state index is 2.12. The van der Waals surface area contributed by atoms with Crippen molar-refractivity contribution in [3.8, 4) is 0 Å². The van der Waals surface area contributed by atoms with Crippen LogP contribution in [0.25, 0.3) is 0 Å². The van der Waals surface area contributed by atoms with E-state index in [9.17, 15) is 0 Å². The smallest absolute Gasteiger partial charge is 0.0163 e. The van der Waals surface area contributed by atoms with Gasteiger partial charge < -0.3 is 0 Å². The number of hydrogen-bond acceptors (Lipinski definition) is 0. The minimum Gasteiger partial charge on any atom is -0.0807 e. The fraction of sp³-hybridized carbons (Fsp3) is 0.0476. The van der Waals surface area contributed by atoms with Crippen molar-refractivity contribution in [3.05, 3.63) is 122 Å². The molecule has 0 aliphatic heterocycles. The Labute approximate surface area is 128 Å². The van der Waals surface area contributed by atoms with Gasteiger partial charge >= 0.3 is 0 Å². The minimum absolute atomic E-state index is 0.942. The van der Waals surface area contributed by atoms with Gasteiger partial charge in [-0.15, -0.1) is 0 Å². The highest BCUT2D eigenvalue weighted by molar-refractivity contribution is 5.22. The standard InChI is InChI=1S/C21H22/c1-2-4-6-8-10-12-14-16-18-20-21-19-17-15-13-11-9-7-5-3-1/h1-20H,21H2/b3-1-,4-2+,7-5+,8-6+,11-9+,12-10+,15-13+,16-14+,19-17?,20-18-. The van der Waals surface area contributed by atoms with Gasteiger partial charge in [-0.1, -0.05) is 122 Å². The first-order valence-electron chi connectivity index (χ1n) is 7.15. The lowest BCUT2D eigenvalue weighted by molar-refractivity contribution is 1.39. The van der Waals surface area contributed by atoms with Crippen LogP contribution >= 0.6 is 0 Å². The van der Waals surface area contributed by atoms with Crippen LogP contribution in [-0.2, 0) is 0 Å². The second-order valence-corrected chi connectivity index (χ2v) is 4.17. The van der Waals surface area contributed by atoms with E-state index in [-0.39, 0.29) is 0 Å². The highest BCUT2D eigenvalue weighted by atomic mass is 13.8. The molecule has 0 radical (unpaired) electrons. The summed E-state index contributed by atoms with van der Waals surface area (Å²) in [5.74, 6) is 0. The molecule has 106 valence electrons. The summed E-state index contributed by atoms with van der Waals surface area (Å²) >= 11 is 0. The van der Waals surface area contributed by atoms with Crippen LogP contribution in [-0.4, -0.2) is 0 Å². The largest absolute Gasteiger partial charge is 0.0807 e. The molecule has 0 fully saturated rings. The van der Waals surface area contributed by atoms with Gasteiger partial charge in [-0.3, -0.25) is 0 Å². The molecular weight excluding hydrogens is 252 g/mol. The lowest BCUT2D eigenvalue weighted by atomic mass is 10.3. The average molecular weight is 274 g/mol. The molecule has 1 aliphatic carbocycles. The summed E-state index contributed by atoms with van der Waals surface area (Å²) in [4.78, 5) is 0.